The second-order valence-corrected chi connectivity index (χ2v) is 7.22. The number of benzene rings is 1. The van der Waals surface area contributed by atoms with E-state index >= 15 is 0 Å². The van der Waals surface area contributed by atoms with Crippen LogP contribution in [0.3, 0.4) is 0 Å². The summed E-state index contributed by atoms with van der Waals surface area (Å²) in [5.41, 5.74) is 1.93. The summed E-state index contributed by atoms with van der Waals surface area (Å²) in [4.78, 5) is 13.7. The Kier molecular flexibility index (Phi) is 4.71. The zero-order chi connectivity index (χ0) is 18.8. The Balaban J connectivity index is 1.75. The zero-order valence-corrected chi connectivity index (χ0v) is 16.0. The highest BCUT2D eigenvalue weighted by Crippen LogP contribution is 2.21. The summed E-state index contributed by atoms with van der Waals surface area (Å²) in [6.45, 7) is 7.22. The molecule has 0 unspecified atom stereocenters. The summed E-state index contributed by atoms with van der Waals surface area (Å²) in [5.74, 6) is 3.36. The minimum absolute atomic E-state index is 0.509. The van der Waals surface area contributed by atoms with E-state index in [1.54, 1.807) is 0 Å². The molecule has 4 aromatic rings. The highest BCUT2D eigenvalue weighted by molar-refractivity contribution is 5.86. The van der Waals surface area contributed by atoms with Crippen LogP contribution >= 0.6 is 0 Å². The quantitative estimate of drug-likeness (QED) is 0.525. The molecule has 1 aromatic carbocycles. The molecule has 0 fully saturated rings. The lowest BCUT2D eigenvalue weighted by Crippen LogP contribution is -2.09. The van der Waals surface area contributed by atoms with Crippen LogP contribution in [-0.4, -0.2) is 29.3 Å². The van der Waals surface area contributed by atoms with Gasteiger partial charge in [0, 0.05) is 43.4 Å². The first-order valence-corrected chi connectivity index (χ1v) is 9.38. The third kappa shape index (κ3) is 3.60. The molecule has 0 saturated carbocycles. The first-order chi connectivity index (χ1) is 13.1. The van der Waals surface area contributed by atoms with E-state index in [1.807, 2.05) is 42.3 Å². The molecule has 0 N–H and O–H groups in total. The lowest BCUT2D eigenvalue weighted by molar-refractivity contribution is 0.618. The molecule has 27 heavy (non-hydrogen) atoms. The summed E-state index contributed by atoms with van der Waals surface area (Å²) in [5, 5.41) is 5.94. The van der Waals surface area contributed by atoms with Gasteiger partial charge in [-0.25, -0.2) is 14.6 Å². The number of nitrogens with zero attached hydrogens (tertiary/aromatic N) is 6. The number of imidazole rings is 1. The Morgan fingerprint density at radius 3 is 2.67 bits per heavy atom. The van der Waals surface area contributed by atoms with E-state index in [9.17, 15) is 0 Å². The van der Waals surface area contributed by atoms with Crippen LogP contribution in [0.1, 0.15) is 31.3 Å². The van der Waals surface area contributed by atoms with Crippen LogP contribution in [0.15, 0.2) is 48.9 Å². The van der Waals surface area contributed by atoms with Gasteiger partial charge in [-0.3, -0.25) is 4.98 Å². The van der Waals surface area contributed by atoms with Crippen LogP contribution in [0, 0.1) is 12.8 Å². The highest BCUT2D eigenvalue weighted by Gasteiger charge is 2.15. The van der Waals surface area contributed by atoms with E-state index in [2.05, 4.69) is 46.6 Å². The SMILES string of the molecule is Cc1nccn1CCc1nc(CC(C)C)nn1-c1cccc2cccnc12. The minimum atomic E-state index is 0.509. The van der Waals surface area contributed by atoms with Gasteiger partial charge in [-0.2, -0.15) is 5.10 Å². The largest absolute Gasteiger partial charge is 0.335 e. The number of hydrogen-bond acceptors (Lipinski definition) is 4. The van der Waals surface area contributed by atoms with Gasteiger partial charge in [0.25, 0.3) is 0 Å². The van der Waals surface area contributed by atoms with E-state index < -0.39 is 0 Å². The fourth-order valence-electron chi connectivity index (χ4n) is 3.32. The second kappa shape index (κ2) is 7.31. The predicted molar refractivity (Wildman–Crippen MR) is 106 cm³/mol. The summed E-state index contributed by atoms with van der Waals surface area (Å²) in [6, 6.07) is 10.2. The molecule has 0 saturated heterocycles. The molecule has 4 rings (SSSR count). The number of fused-ring (bicyclic) bond motifs is 1. The molecule has 0 spiro atoms. The van der Waals surface area contributed by atoms with E-state index in [4.69, 9.17) is 10.1 Å². The molecule has 0 aliphatic rings. The van der Waals surface area contributed by atoms with Crippen LogP contribution in [0.5, 0.6) is 0 Å². The van der Waals surface area contributed by atoms with Gasteiger partial charge in [-0.15, -0.1) is 0 Å². The van der Waals surface area contributed by atoms with E-state index in [-0.39, 0.29) is 0 Å². The van der Waals surface area contributed by atoms with Crippen molar-refractivity contribution in [2.75, 3.05) is 0 Å². The van der Waals surface area contributed by atoms with Gasteiger partial charge in [0.05, 0.1) is 11.2 Å². The Labute approximate surface area is 158 Å². The number of aryl methyl sites for hydroxylation is 3. The van der Waals surface area contributed by atoms with E-state index in [1.165, 1.54) is 0 Å². The molecule has 0 atom stereocenters. The lowest BCUT2D eigenvalue weighted by atomic mass is 10.1. The summed E-state index contributed by atoms with van der Waals surface area (Å²) in [7, 11) is 0. The van der Waals surface area contributed by atoms with Crippen LogP contribution in [-0.2, 0) is 19.4 Å². The first-order valence-electron chi connectivity index (χ1n) is 9.38. The van der Waals surface area contributed by atoms with Gasteiger partial charge in [0.1, 0.15) is 11.6 Å². The van der Waals surface area contributed by atoms with Crippen molar-refractivity contribution in [3.63, 3.8) is 0 Å². The molecule has 0 aliphatic carbocycles. The molecule has 3 heterocycles. The van der Waals surface area contributed by atoms with Gasteiger partial charge in [0.15, 0.2) is 5.82 Å². The maximum absolute atomic E-state index is 4.85. The van der Waals surface area contributed by atoms with Crippen LogP contribution in [0.2, 0.25) is 0 Å². The Morgan fingerprint density at radius 1 is 1.04 bits per heavy atom. The molecule has 0 aliphatic heterocycles. The average molecular weight is 360 g/mol. The van der Waals surface area contributed by atoms with Crippen molar-refractivity contribution in [2.24, 2.45) is 5.92 Å². The third-order valence-electron chi connectivity index (χ3n) is 4.65. The summed E-state index contributed by atoms with van der Waals surface area (Å²) in [6.07, 6.45) is 7.31. The van der Waals surface area contributed by atoms with Gasteiger partial charge in [0.2, 0.25) is 0 Å². The Hall–Kier alpha value is -3.02. The van der Waals surface area contributed by atoms with Crippen molar-refractivity contribution in [3.05, 3.63) is 66.4 Å². The molecule has 6 nitrogen and oxygen atoms in total. The van der Waals surface area contributed by atoms with Crippen LogP contribution < -0.4 is 0 Å². The number of aromatic nitrogens is 6. The smallest absolute Gasteiger partial charge is 0.151 e. The van der Waals surface area contributed by atoms with E-state index in [0.717, 1.165) is 53.4 Å². The number of pyridine rings is 1. The monoisotopic (exact) mass is 360 g/mol. The second-order valence-electron chi connectivity index (χ2n) is 7.22. The molecule has 6 heteroatoms. The van der Waals surface area contributed by atoms with Crippen molar-refractivity contribution in [2.45, 2.75) is 40.2 Å². The Morgan fingerprint density at radius 2 is 1.89 bits per heavy atom. The van der Waals surface area contributed by atoms with Gasteiger partial charge in [-0.1, -0.05) is 32.0 Å². The van der Waals surface area contributed by atoms with Crippen molar-refractivity contribution in [1.29, 1.82) is 0 Å². The zero-order valence-electron chi connectivity index (χ0n) is 16.0. The third-order valence-corrected chi connectivity index (χ3v) is 4.65. The molecular formula is C21H24N6. The maximum atomic E-state index is 4.85. The van der Waals surface area contributed by atoms with Crippen molar-refractivity contribution in [1.82, 2.24) is 29.3 Å². The molecular weight excluding hydrogens is 336 g/mol. The van der Waals surface area contributed by atoms with E-state index in [0.29, 0.717) is 5.92 Å². The van der Waals surface area contributed by atoms with Crippen molar-refractivity contribution in [3.8, 4) is 5.69 Å². The predicted octanol–water partition coefficient (Wildman–Crippen LogP) is 3.76. The average Bonchev–Trinajstić information content (AvgIpc) is 3.24. The van der Waals surface area contributed by atoms with Gasteiger partial charge >= 0.3 is 0 Å². The molecule has 0 bridgehead atoms. The number of rotatable bonds is 6. The number of para-hydroxylation sites is 1. The molecule has 0 radical (unpaired) electrons. The Bertz CT molecular complexity index is 1050. The fourth-order valence-corrected chi connectivity index (χ4v) is 3.32. The van der Waals surface area contributed by atoms with Gasteiger partial charge in [-0.05, 0) is 25.0 Å². The standard InChI is InChI=1S/C21H24N6/c1-15(2)14-19-24-20(9-12-26-13-11-22-16(26)3)27(25-19)18-8-4-6-17-7-5-10-23-21(17)18/h4-8,10-11,13,15H,9,12,14H2,1-3H3. The van der Waals surface area contributed by atoms with Crippen molar-refractivity contribution < 1.29 is 0 Å². The number of hydrogen-bond donors (Lipinski definition) is 0. The molecule has 0 amide bonds. The normalized spacial score (nSPS) is 11.6. The summed E-state index contributed by atoms with van der Waals surface area (Å²) >= 11 is 0. The summed E-state index contributed by atoms with van der Waals surface area (Å²) < 4.78 is 4.11. The topological polar surface area (TPSA) is 61.4 Å². The lowest BCUT2D eigenvalue weighted by Gasteiger charge is -2.09. The van der Waals surface area contributed by atoms with Gasteiger partial charge < -0.3 is 4.57 Å². The highest BCUT2D eigenvalue weighted by atomic mass is 15.4. The maximum Gasteiger partial charge on any atom is 0.151 e. The molecule has 3 aromatic heterocycles. The fraction of sp³-hybridized carbons (Fsp3) is 0.333. The van der Waals surface area contributed by atoms with Crippen molar-refractivity contribution >= 4 is 10.9 Å². The molecule has 138 valence electrons. The minimum Gasteiger partial charge on any atom is -0.335 e. The first kappa shape index (κ1) is 17.4. The van der Waals surface area contributed by atoms with Crippen LogP contribution in [0.4, 0.5) is 0 Å². The van der Waals surface area contributed by atoms with Crippen LogP contribution in [0.25, 0.3) is 16.6 Å².